The molecule has 0 aliphatic rings. The topological polar surface area (TPSA) is 65.7 Å². The zero-order valence-corrected chi connectivity index (χ0v) is 12.3. The van der Waals surface area contributed by atoms with Crippen molar-refractivity contribution in [3.8, 4) is 11.5 Å². The second kappa shape index (κ2) is 8.22. The van der Waals surface area contributed by atoms with E-state index in [2.05, 4.69) is 5.32 Å². The Balaban J connectivity index is 2.97. The molecule has 3 N–H and O–H groups in total. The first kappa shape index (κ1) is 16.0. The Morgan fingerprint density at radius 2 is 2.00 bits per heavy atom. The van der Waals surface area contributed by atoms with E-state index in [9.17, 15) is 0 Å². The summed E-state index contributed by atoms with van der Waals surface area (Å²) in [7, 11) is 4.79. The van der Waals surface area contributed by atoms with Gasteiger partial charge in [-0.25, -0.2) is 0 Å². The maximum Gasteiger partial charge on any atom is 0.179 e. The number of nitrogens with one attached hydrogen (secondary N) is 1. The van der Waals surface area contributed by atoms with E-state index in [1.54, 1.807) is 21.3 Å². The van der Waals surface area contributed by atoms with Crippen molar-refractivity contribution < 1.29 is 14.2 Å². The molecule has 1 aromatic rings. The van der Waals surface area contributed by atoms with E-state index >= 15 is 0 Å². The summed E-state index contributed by atoms with van der Waals surface area (Å²) in [5.74, 6) is 1.12. The third-order valence-electron chi connectivity index (χ3n) is 2.82. The van der Waals surface area contributed by atoms with Crippen LogP contribution in [0.5, 0.6) is 11.5 Å². The standard InChI is InChI=1S/C13H21ClN2O3/c1-17-7-6-16-10(8-15)9-4-5-11(18-2)13(19-3)12(9)14/h4-5,10,16H,6-8,15H2,1-3H3. The number of methoxy groups -OCH3 is 3. The van der Waals surface area contributed by atoms with Gasteiger partial charge < -0.3 is 25.3 Å². The number of rotatable bonds is 8. The van der Waals surface area contributed by atoms with Gasteiger partial charge in [-0.2, -0.15) is 0 Å². The number of hydrogen-bond acceptors (Lipinski definition) is 5. The molecule has 0 amide bonds. The highest BCUT2D eigenvalue weighted by Gasteiger charge is 2.18. The van der Waals surface area contributed by atoms with E-state index in [1.807, 2.05) is 12.1 Å². The maximum absolute atomic E-state index is 6.35. The summed E-state index contributed by atoms with van der Waals surface area (Å²) in [5, 5.41) is 3.80. The highest BCUT2D eigenvalue weighted by molar-refractivity contribution is 6.33. The van der Waals surface area contributed by atoms with E-state index in [-0.39, 0.29) is 6.04 Å². The van der Waals surface area contributed by atoms with Gasteiger partial charge in [0.15, 0.2) is 11.5 Å². The monoisotopic (exact) mass is 288 g/mol. The van der Waals surface area contributed by atoms with Crippen LogP contribution in [0.15, 0.2) is 12.1 Å². The molecule has 0 saturated carbocycles. The molecule has 19 heavy (non-hydrogen) atoms. The Morgan fingerprint density at radius 3 is 2.53 bits per heavy atom. The van der Waals surface area contributed by atoms with Crippen molar-refractivity contribution in [2.75, 3.05) is 41.0 Å². The molecule has 108 valence electrons. The molecule has 1 aromatic carbocycles. The number of ether oxygens (including phenoxy) is 3. The van der Waals surface area contributed by atoms with Crippen molar-refractivity contribution in [1.29, 1.82) is 0 Å². The quantitative estimate of drug-likeness (QED) is 0.711. The normalized spacial score (nSPS) is 12.3. The molecule has 0 heterocycles. The Bertz CT molecular complexity index is 402. The van der Waals surface area contributed by atoms with Crippen molar-refractivity contribution >= 4 is 11.6 Å². The molecule has 0 aromatic heterocycles. The van der Waals surface area contributed by atoms with Gasteiger partial charge in [-0.15, -0.1) is 0 Å². The molecule has 1 unspecified atom stereocenters. The lowest BCUT2D eigenvalue weighted by Gasteiger charge is -2.20. The Labute approximate surface area is 119 Å². The largest absolute Gasteiger partial charge is 0.493 e. The van der Waals surface area contributed by atoms with Gasteiger partial charge >= 0.3 is 0 Å². The lowest BCUT2D eigenvalue weighted by molar-refractivity contribution is 0.196. The first-order valence-electron chi connectivity index (χ1n) is 6.02. The lowest BCUT2D eigenvalue weighted by atomic mass is 10.1. The zero-order chi connectivity index (χ0) is 14.3. The maximum atomic E-state index is 6.35. The highest BCUT2D eigenvalue weighted by Crippen LogP contribution is 2.39. The molecular formula is C13H21ClN2O3. The van der Waals surface area contributed by atoms with Crippen LogP contribution in [-0.2, 0) is 4.74 Å². The third-order valence-corrected chi connectivity index (χ3v) is 3.21. The van der Waals surface area contributed by atoms with Crippen molar-refractivity contribution in [1.82, 2.24) is 5.32 Å². The fourth-order valence-electron chi connectivity index (χ4n) is 1.83. The first-order valence-corrected chi connectivity index (χ1v) is 6.40. The van der Waals surface area contributed by atoms with Crippen LogP contribution in [0, 0.1) is 0 Å². The highest BCUT2D eigenvalue weighted by atomic mass is 35.5. The summed E-state index contributed by atoms with van der Waals surface area (Å²) in [4.78, 5) is 0. The van der Waals surface area contributed by atoms with Gasteiger partial charge in [0.05, 0.1) is 25.8 Å². The summed E-state index contributed by atoms with van der Waals surface area (Å²) in [6, 6.07) is 3.66. The average molecular weight is 289 g/mol. The van der Waals surface area contributed by atoms with E-state index in [1.165, 1.54) is 0 Å². The number of halogens is 1. The minimum Gasteiger partial charge on any atom is -0.493 e. The van der Waals surface area contributed by atoms with Gasteiger partial charge in [-0.05, 0) is 11.6 Å². The summed E-state index contributed by atoms with van der Waals surface area (Å²) in [6.45, 7) is 1.74. The molecule has 0 saturated heterocycles. The van der Waals surface area contributed by atoms with Crippen LogP contribution in [0.25, 0.3) is 0 Å². The van der Waals surface area contributed by atoms with Crippen molar-refractivity contribution in [2.24, 2.45) is 5.73 Å². The van der Waals surface area contributed by atoms with Crippen LogP contribution in [0.4, 0.5) is 0 Å². The second-order valence-corrected chi connectivity index (χ2v) is 4.32. The smallest absolute Gasteiger partial charge is 0.179 e. The second-order valence-electron chi connectivity index (χ2n) is 3.94. The van der Waals surface area contributed by atoms with Crippen LogP contribution >= 0.6 is 11.6 Å². The molecule has 0 radical (unpaired) electrons. The van der Waals surface area contributed by atoms with Crippen LogP contribution in [-0.4, -0.2) is 41.0 Å². The SMILES string of the molecule is COCCNC(CN)c1ccc(OC)c(OC)c1Cl. The molecule has 0 aliphatic heterocycles. The number of nitrogens with two attached hydrogens (primary N) is 1. The van der Waals surface area contributed by atoms with E-state index < -0.39 is 0 Å². The molecule has 6 heteroatoms. The van der Waals surface area contributed by atoms with E-state index in [4.69, 9.17) is 31.5 Å². The predicted molar refractivity (Wildman–Crippen MR) is 76.2 cm³/mol. The molecular weight excluding hydrogens is 268 g/mol. The van der Waals surface area contributed by atoms with E-state index in [0.29, 0.717) is 36.2 Å². The van der Waals surface area contributed by atoms with Crippen LogP contribution in [0.3, 0.4) is 0 Å². The predicted octanol–water partition coefficient (Wildman–Crippen LogP) is 1.59. The minimum atomic E-state index is -0.0533. The Hall–Kier alpha value is -1.01. The summed E-state index contributed by atoms with van der Waals surface area (Å²) in [5.41, 5.74) is 6.67. The summed E-state index contributed by atoms with van der Waals surface area (Å²) in [6.07, 6.45) is 0. The number of benzene rings is 1. The summed E-state index contributed by atoms with van der Waals surface area (Å²) < 4.78 is 15.5. The van der Waals surface area contributed by atoms with Crippen LogP contribution in [0.2, 0.25) is 5.02 Å². The molecule has 1 atom stereocenters. The van der Waals surface area contributed by atoms with Crippen LogP contribution in [0.1, 0.15) is 11.6 Å². The van der Waals surface area contributed by atoms with Gasteiger partial charge in [0.25, 0.3) is 0 Å². The first-order chi connectivity index (χ1) is 9.19. The third kappa shape index (κ3) is 3.98. The zero-order valence-electron chi connectivity index (χ0n) is 11.5. The van der Waals surface area contributed by atoms with Gasteiger partial charge in [-0.3, -0.25) is 0 Å². The minimum absolute atomic E-state index is 0.0533. The van der Waals surface area contributed by atoms with Gasteiger partial charge in [0, 0.05) is 26.2 Å². The Morgan fingerprint density at radius 1 is 1.26 bits per heavy atom. The van der Waals surface area contributed by atoms with Gasteiger partial charge in [0.2, 0.25) is 0 Å². The molecule has 0 aliphatic carbocycles. The number of hydrogen-bond donors (Lipinski definition) is 2. The fraction of sp³-hybridized carbons (Fsp3) is 0.538. The molecule has 5 nitrogen and oxygen atoms in total. The molecule has 1 rings (SSSR count). The fourth-order valence-corrected chi connectivity index (χ4v) is 2.19. The van der Waals surface area contributed by atoms with Crippen molar-refractivity contribution in [3.05, 3.63) is 22.7 Å². The lowest BCUT2D eigenvalue weighted by Crippen LogP contribution is -2.31. The van der Waals surface area contributed by atoms with Crippen molar-refractivity contribution in [3.63, 3.8) is 0 Å². The Kier molecular flexibility index (Phi) is 6.94. The van der Waals surface area contributed by atoms with Gasteiger partial charge in [0.1, 0.15) is 0 Å². The van der Waals surface area contributed by atoms with E-state index in [0.717, 1.165) is 5.56 Å². The molecule has 0 fully saturated rings. The molecule has 0 bridgehead atoms. The molecule has 0 spiro atoms. The van der Waals surface area contributed by atoms with Crippen molar-refractivity contribution in [2.45, 2.75) is 6.04 Å². The average Bonchev–Trinajstić information content (AvgIpc) is 2.44. The van der Waals surface area contributed by atoms with Crippen LogP contribution < -0.4 is 20.5 Å². The van der Waals surface area contributed by atoms with Gasteiger partial charge in [-0.1, -0.05) is 17.7 Å². The summed E-state index contributed by atoms with van der Waals surface area (Å²) >= 11 is 6.35.